The molecule has 0 bridgehead atoms. The molecule has 2 N–H and O–H groups in total. The molecule has 0 radical (unpaired) electrons. The van der Waals surface area contributed by atoms with Gasteiger partial charge in [0.15, 0.2) is 4.67 Å². The van der Waals surface area contributed by atoms with E-state index in [1.54, 1.807) is 15.6 Å². The van der Waals surface area contributed by atoms with Crippen molar-refractivity contribution in [2.24, 2.45) is 5.73 Å². The quantitative estimate of drug-likeness (QED) is 0.822. The van der Waals surface area contributed by atoms with Crippen molar-refractivity contribution in [2.75, 3.05) is 0 Å². The molecule has 1 saturated carbocycles. The van der Waals surface area contributed by atoms with Crippen LogP contribution in [0.1, 0.15) is 23.5 Å². The zero-order chi connectivity index (χ0) is 15.0. The lowest BCUT2D eigenvalue weighted by Gasteiger charge is -2.20. The van der Waals surface area contributed by atoms with Crippen molar-refractivity contribution in [3.63, 3.8) is 0 Å². The molecule has 8 heteroatoms. The molecule has 0 amide bonds. The first kappa shape index (κ1) is 15.2. The number of nitrogens with two attached hydrogens (primary N) is 1. The third-order valence-corrected chi connectivity index (χ3v) is 6.96. The van der Waals surface area contributed by atoms with Gasteiger partial charge in [0.05, 0.1) is 6.54 Å². The van der Waals surface area contributed by atoms with Crippen LogP contribution < -0.4 is 5.73 Å². The van der Waals surface area contributed by atoms with Gasteiger partial charge in [0.1, 0.15) is 10.7 Å². The molecule has 1 fully saturated rings. The van der Waals surface area contributed by atoms with E-state index in [9.17, 15) is 8.42 Å². The zero-order valence-electron chi connectivity index (χ0n) is 11.2. The van der Waals surface area contributed by atoms with E-state index in [0.717, 1.165) is 17.7 Å². The highest BCUT2D eigenvalue weighted by Crippen LogP contribution is 2.37. The minimum Gasteiger partial charge on any atom is -0.452 e. The number of halogens is 1. The van der Waals surface area contributed by atoms with E-state index in [2.05, 4.69) is 15.9 Å². The molecule has 2 heterocycles. The van der Waals surface area contributed by atoms with Crippen LogP contribution in [0.2, 0.25) is 0 Å². The lowest BCUT2D eigenvalue weighted by Crippen LogP contribution is -2.32. The molecule has 21 heavy (non-hydrogen) atoms. The van der Waals surface area contributed by atoms with Gasteiger partial charge in [-0.3, -0.25) is 0 Å². The van der Waals surface area contributed by atoms with Gasteiger partial charge in [-0.15, -0.1) is 11.3 Å². The van der Waals surface area contributed by atoms with E-state index >= 15 is 0 Å². The molecule has 0 aromatic carbocycles. The average molecular weight is 391 g/mol. The first-order valence-corrected chi connectivity index (χ1v) is 9.66. The van der Waals surface area contributed by atoms with Gasteiger partial charge in [0, 0.05) is 23.5 Å². The van der Waals surface area contributed by atoms with Crippen molar-refractivity contribution in [3.8, 4) is 0 Å². The van der Waals surface area contributed by atoms with Crippen LogP contribution in [0.15, 0.2) is 37.6 Å². The van der Waals surface area contributed by atoms with E-state index in [1.807, 2.05) is 17.5 Å². The summed E-state index contributed by atoms with van der Waals surface area (Å²) in [6.07, 6.45) is 1.81. The number of thiophene rings is 1. The second-order valence-corrected chi connectivity index (χ2v) is 8.53. The Hall–Kier alpha value is -0.670. The molecule has 1 aliphatic rings. The summed E-state index contributed by atoms with van der Waals surface area (Å²) in [4.78, 5) is 1.19. The van der Waals surface area contributed by atoms with Crippen molar-refractivity contribution >= 4 is 37.3 Å². The Balaban J connectivity index is 1.95. The molecule has 114 valence electrons. The summed E-state index contributed by atoms with van der Waals surface area (Å²) in [7, 11) is -3.59. The molecular weight excluding hydrogens is 376 g/mol. The number of sulfonamides is 1. The summed E-state index contributed by atoms with van der Waals surface area (Å²) in [6.45, 7) is 0.572. The molecule has 3 rings (SSSR count). The van der Waals surface area contributed by atoms with Crippen molar-refractivity contribution in [2.45, 2.75) is 36.9 Å². The third kappa shape index (κ3) is 3.09. The summed E-state index contributed by atoms with van der Waals surface area (Å²) in [5.74, 6) is 0.451. The van der Waals surface area contributed by atoms with Gasteiger partial charge in [-0.05, 0) is 40.2 Å². The Morgan fingerprint density at radius 1 is 1.48 bits per heavy atom. The smallest absolute Gasteiger partial charge is 0.248 e. The van der Waals surface area contributed by atoms with Crippen LogP contribution >= 0.6 is 27.3 Å². The summed E-state index contributed by atoms with van der Waals surface area (Å²) in [6, 6.07) is 5.46. The van der Waals surface area contributed by atoms with Crippen LogP contribution in [0.5, 0.6) is 0 Å². The van der Waals surface area contributed by atoms with Crippen molar-refractivity contribution in [3.05, 3.63) is 38.9 Å². The summed E-state index contributed by atoms with van der Waals surface area (Å²) < 4.78 is 32.9. The fourth-order valence-corrected chi connectivity index (χ4v) is 5.54. The van der Waals surface area contributed by atoms with Crippen LogP contribution in [-0.4, -0.2) is 18.8 Å². The molecule has 2 aromatic heterocycles. The Morgan fingerprint density at radius 2 is 2.24 bits per heavy atom. The molecule has 2 aromatic rings. The monoisotopic (exact) mass is 390 g/mol. The van der Waals surface area contributed by atoms with Crippen LogP contribution in [0, 0.1) is 0 Å². The van der Waals surface area contributed by atoms with Gasteiger partial charge in [-0.1, -0.05) is 6.07 Å². The number of nitrogens with zero attached hydrogens (tertiary/aromatic N) is 1. The van der Waals surface area contributed by atoms with Crippen LogP contribution in [-0.2, 0) is 23.1 Å². The van der Waals surface area contributed by atoms with Gasteiger partial charge in [-0.25, -0.2) is 8.42 Å². The normalized spacial score (nSPS) is 15.8. The molecule has 0 saturated heterocycles. The molecular formula is C13H15BrN2O3S2. The van der Waals surface area contributed by atoms with Crippen molar-refractivity contribution in [1.82, 2.24) is 4.31 Å². The van der Waals surface area contributed by atoms with Gasteiger partial charge in [0.25, 0.3) is 0 Å². The SMILES string of the molecule is NCc1cc(S(=O)(=O)N(Cc2cccs2)C2CC2)c(Br)o1. The molecule has 0 unspecified atom stereocenters. The Morgan fingerprint density at radius 3 is 2.76 bits per heavy atom. The number of furan rings is 1. The second kappa shape index (κ2) is 5.85. The van der Waals surface area contributed by atoms with Gasteiger partial charge in [-0.2, -0.15) is 4.31 Å². The van der Waals surface area contributed by atoms with Gasteiger partial charge in [0.2, 0.25) is 10.0 Å². The van der Waals surface area contributed by atoms with E-state index in [1.165, 1.54) is 6.07 Å². The van der Waals surface area contributed by atoms with Crippen molar-refractivity contribution in [1.29, 1.82) is 0 Å². The summed E-state index contributed by atoms with van der Waals surface area (Å²) in [5.41, 5.74) is 5.51. The maximum absolute atomic E-state index is 12.9. The van der Waals surface area contributed by atoms with E-state index in [-0.39, 0.29) is 22.2 Å². The van der Waals surface area contributed by atoms with E-state index in [4.69, 9.17) is 10.2 Å². The first-order chi connectivity index (χ1) is 10.0. The predicted molar refractivity (Wildman–Crippen MR) is 84.4 cm³/mol. The first-order valence-electron chi connectivity index (χ1n) is 6.55. The van der Waals surface area contributed by atoms with Gasteiger partial charge < -0.3 is 10.2 Å². The minimum atomic E-state index is -3.59. The standard InChI is InChI=1S/C13H15BrN2O3S2/c14-13-12(6-10(7-15)19-13)21(17,18)16(9-3-4-9)8-11-2-1-5-20-11/h1-2,5-6,9H,3-4,7-8,15H2. The second-order valence-electron chi connectivity index (χ2n) is 4.92. The van der Waals surface area contributed by atoms with Crippen LogP contribution in [0.4, 0.5) is 0 Å². The van der Waals surface area contributed by atoms with E-state index < -0.39 is 10.0 Å². The van der Waals surface area contributed by atoms with Gasteiger partial charge >= 0.3 is 0 Å². The predicted octanol–water partition coefficient (Wildman–Crippen LogP) is 2.92. The maximum Gasteiger partial charge on any atom is 0.248 e. The van der Waals surface area contributed by atoms with Crippen molar-refractivity contribution < 1.29 is 12.8 Å². The number of rotatable bonds is 6. The van der Waals surface area contributed by atoms with Crippen LogP contribution in [0.3, 0.4) is 0 Å². The lowest BCUT2D eigenvalue weighted by molar-refractivity contribution is 0.399. The highest BCUT2D eigenvalue weighted by atomic mass is 79.9. The van der Waals surface area contributed by atoms with E-state index in [0.29, 0.717) is 12.3 Å². The molecule has 0 atom stereocenters. The summed E-state index contributed by atoms with van der Waals surface area (Å²) in [5, 5.41) is 1.95. The highest BCUT2D eigenvalue weighted by Gasteiger charge is 2.40. The average Bonchev–Trinajstić information content (AvgIpc) is 2.99. The zero-order valence-corrected chi connectivity index (χ0v) is 14.4. The number of hydrogen-bond donors (Lipinski definition) is 1. The molecule has 1 aliphatic carbocycles. The molecule has 0 spiro atoms. The highest BCUT2D eigenvalue weighted by molar-refractivity contribution is 9.10. The number of hydrogen-bond acceptors (Lipinski definition) is 5. The fourth-order valence-electron chi connectivity index (χ4n) is 2.13. The fraction of sp³-hybridized carbons (Fsp3) is 0.385. The Bertz CT molecular complexity index is 721. The Labute approximate surface area is 135 Å². The molecule has 5 nitrogen and oxygen atoms in total. The Kier molecular flexibility index (Phi) is 4.24. The third-order valence-electron chi connectivity index (χ3n) is 3.34. The summed E-state index contributed by atoms with van der Waals surface area (Å²) >= 11 is 4.74. The lowest BCUT2D eigenvalue weighted by atomic mass is 10.4. The largest absolute Gasteiger partial charge is 0.452 e. The minimum absolute atomic E-state index is 0.0835. The topological polar surface area (TPSA) is 76.5 Å². The van der Waals surface area contributed by atoms with Crippen LogP contribution in [0.25, 0.3) is 0 Å². The maximum atomic E-state index is 12.9. The molecule has 0 aliphatic heterocycles.